The highest BCUT2D eigenvalue weighted by Gasteiger charge is 2.15. The number of para-hydroxylation sites is 1. The Morgan fingerprint density at radius 2 is 1.65 bits per heavy atom. The van der Waals surface area contributed by atoms with Crippen molar-refractivity contribution in [3.05, 3.63) is 48.0 Å². The highest BCUT2D eigenvalue weighted by atomic mass is 19.2. The van der Waals surface area contributed by atoms with E-state index < -0.39 is 11.6 Å². The SMILES string of the molecule is COc1ccccc1-c1ccc(N)c(F)c1F. The highest BCUT2D eigenvalue weighted by Crippen LogP contribution is 2.33. The first-order valence-corrected chi connectivity index (χ1v) is 5.02. The third-order valence-corrected chi connectivity index (χ3v) is 2.51. The number of methoxy groups -OCH3 is 1. The normalized spacial score (nSPS) is 10.3. The summed E-state index contributed by atoms with van der Waals surface area (Å²) in [7, 11) is 1.48. The van der Waals surface area contributed by atoms with Crippen LogP contribution in [0.2, 0.25) is 0 Å². The van der Waals surface area contributed by atoms with Gasteiger partial charge in [0.25, 0.3) is 0 Å². The Bertz CT molecular complexity index is 555. The summed E-state index contributed by atoms with van der Waals surface area (Å²) in [6, 6.07) is 9.60. The lowest BCUT2D eigenvalue weighted by Gasteiger charge is -2.10. The second-order valence-electron chi connectivity index (χ2n) is 3.53. The van der Waals surface area contributed by atoms with Crippen LogP contribution in [0.25, 0.3) is 11.1 Å². The fourth-order valence-electron chi connectivity index (χ4n) is 1.64. The maximum Gasteiger partial charge on any atom is 0.182 e. The summed E-state index contributed by atoms with van der Waals surface area (Å²) < 4.78 is 32.2. The first-order chi connectivity index (χ1) is 8.15. The van der Waals surface area contributed by atoms with E-state index in [1.165, 1.54) is 19.2 Å². The van der Waals surface area contributed by atoms with Gasteiger partial charge >= 0.3 is 0 Å². The zero-order valence-electron chi connectivity index (χ0n) is 9.21. The molecular weight excluding hydrogens is 224 g/mol. The molecule has 0 heterocycles. The Morgan fingerprint density at radius 3 is 2.35 bits per heavy atom. The second-order valence-corrected chi connectivity index (χ2v) is 3.53. The van der Waals surface area contributed by atoms with Gasteiger partial charge in [0.15, 0.2) is 11.6 Å². The van der Waals surface area contributed by atoms with Crippen molar-refractivity contribution in [3.63, 3.8) is 0 Å². The minimum atomic E-state index is -1.03. The lowest BCUT2D eigenvalue weighted by molar-refractivity contribution is 0.416. The van der Waals surface area contributed by atoms with Gasteiger partial charge in [-0.25, -0.2) is 8.78 Å². The standard InChI is InChI=1S/C13H11F2NO/c1-17-11-5-3-2-4-8(11)9-6-7-10(16)13(15)12(9)14/h2-7H,16H2,1H3. The van der Waals surface area contributed by atoms with Crippen LogP contribution in [0.15, 0.2) is 36.4 Å². The summed E-state index contributed by atoms with van der Waals surface area (Å²) in [6.45, 7) is 0. The third-order valence-electron chi connectivity index (χ3n) is 2.51. The predicted octanol–water partition coefficient (Wildman–Crippen LogP) is 3.22. The van der Waals surface area contributed by atoms with E-state index in [0.717, 1.165) is 0 Å². The van der Waals surface area contributed by atoms with Crippen molar-refractivity contribution in [1.82, 2.24) is 0 Å². The Labute approximate surface area is 97.6 Å². The third kappa shape index (κ3) is 1.93. The van der Waals surface area contributed by atoms with Gasteiger partial charge in [0.1, 0.15) is 5.75 Å². The molecule has 2 rings (SSSR count). The average molecular weight is 235 g/mol. The van der Waals surface area contributed by atoms with Gasteiger partial charge in [-0.15, -0.1) is 0 Å². The summed E-state index contributed by atoms with van der Waals surface area (Å²) >= 11 is 0. The largest absolute Gasteiger partial charge is 0.496 e. The maximum absolute atomic E-state index is 13.8. The number of nitrogen functional groups attached to an aromatic ring is 1. The van der Waals surface area contributed by atoms with Gasteiger partial charge in [0.05, 0.1) is 12.8 Å². The molecule has 0 aliphatic carbocycles. The lowest BCUT2D eigenvalue weighted by atomic mass is 10.0. The predicted molar refractivity (Wildman–Crippen MR) is 62.8 cm³/mol. The molecule has 2 aromatic rings. The summed E-state index contributed by atoms with van der Waals surface area (Å²) in [5.41, 5.74) is 5.71. The molecule has 0 atom stereocenters. The van der Waals surface area contributed by atoms with Crippen LogP contribution in [-0.4, -0.2) is 7.11 Å². The molecule has 0 saturated carbocycles. The molecule has 88 valence electrons. The van der Waals surface area contributed by atoms with E-state index >= 15 is 0 Å². The molecular formula is C13H11F2NO. The summed E-state index contributed by atoms with van der Waals surface area (Å²) in [5.74, 6) is -1.52. The van der Waals surface area contributed by atoms with Crippen molar-refractivity contribution >= 4 is 5.69 Å². The van der Waals surface area contributed by atoms with Crippen LogP contribution in [0.3, 0.4) is 0 Å². The second kappa shape index (κ2) is 4.41. The van der Waals surface area contributed by atoms with Gasteiger partial charge in [-0.2, -0.15) is 0 Å². The molecule has 0 fully saturated rings. The molecule has 2 aromatic carbocycles. The number of nitrogens with two attached hydrogens (primary N) is 1. The van der Waals surface area contributed by atoms with Gasteiger partial charge in [0, 0.05) is 11.1 Å². The molecule has 0 unspecified atom stereocenters. The average Bonchev–Trinajstić information content (AvgIpc) is 2.36. The molecule has 0 aliphatic rings. The zero-order valence-corrected chi connectivity index (χ0v) is 9.21. The van der Waals surface area contributed by atoms with Crippen LogP contribution in [-0.2, 0) is 0 Å². The van der Waals surface area contributed by atoms with Gasteiger partial charge in [-0.05, 0) is 18.2 Å². The van der Waals surface area contributed by atoms with Gasteiger partial charge in [-0.3, -0.25) is 0 Å². The van der Waals surface area contributed by atoms with Crippen LogP contribution >= 0.6 is 0 Å². The highest BCUT2D eigenvalue weighted by molar-refractivity contribution is 5.72. The lowest BCUT2D eigenvalue weighted by Crippen LogP contribution is -1.97. The molecule has 0 radical (unpaired) electrons. The summed E-state index contributed by atoms with van der Waals surface area (Å²) in [5, 5.41) is 0. The van der Waals surface area contributed by atoms with Crippen molar-refractivity contribution in [2.75, 3.05) is 12.8 Å². The Kier molecular flexibility index (Phi) is 2.95. The molecule has 0 saturated heterocycles. The Hall–Kier alpha value is -2.10. The van der Waals surface area contributed by atoms with Crippen molar-refractivity contribution in [2.24, 2.45) is 0 Å². The van der Waals surface area contributed by atoms with Gasteiger partial charge in [0.2, 0.25) is 0 Å². The minimum Gasteiger partial charge on any atom is -0.496 e. The van der Waals surface area contributed by atoms with Crippen molar-refractivity contribution < 1.29 is 13.5 Å². The van der Waals surface area contributed by atoms with E-state index in [-0.39, 0.29) is 11.3 Å². The topological polar surface area (TPSA) is 35.2 Å². The van der Waals surface area contributed by atoms with E-state index in [2.05, 4.69) is 0 Å². The van der Waals surface area contributed by atoms with Crippen molar-refractivity contribution in [2.45, 2.75) is 0 Å². The van der Waals surface area contributed by atoms with Crippen LogP contribution in [0.4, 0.5) is 14.5 Å². The number of hydrogen-bond acceptors (Lipinski definition) is 2. The Morgan fingerprint density at radius 1 is 0.941 bits per heavy atom. The molecule has 0 aromatic heterocycles. The van der Waals surface area contributed by atoms with E-state index in [0.29, 0.717) is 11.3 Å². The first kappa shape index (κ1) is 11.4. The number of ether oxygens (including phenoxy) is 1. The zero-order chi connectivity index (χ0) is 12.4. The Balaban J connectivity index is 2.65. The first-order valence-electron chi connectivity index (χ1n) is 5.02. The molecule has 0 amide bonds. The van der Waals surface area contributed by atoms with Crippen LogP contribution in [0, 0.1) is 11.6 Å². The molecule has 2 N–H and O–H groups in total. The van der Waals surface area contributed by atoms with Crippen LogP contribution in [0.5, 0.6) is 5.75 Å². The van der Waals surface area contributed by atoms with Crippen molar-refractivity contribution in [3.8, 4) is 16.9 Å². The maximum atomic E-state index is 13.8. The van der Waals surface area contributed by atoms with Gasteiger partial charge in [-0.1, -0.05) is 18.2 Å². The number of anilines is 1. The summed E-state index contributed by atoms with van der Waals surface area (Å²) in [6.07, 6.45) is 0. The molecule has 0 bridgehead atoms. The number of hydrogen-bond donors (Lipinski definition) is 1. The number of halogens is 2. The minimum absolute atomic E-state index is 0.133. The van der Waals surface area contributed by atoms with E-state index in [1.54, 1.807) is 24.3 Å². The number of benzene rings is 2. The molecule has 0 spiro atoms. The molecule has 17 heavy (non-hydrogen) atoms. The van der Waals surface area contributed by atoms with Gasteiger partial charge < -0.3 is 10.5 Å². The molecule has 2 nitrogen and oxygen atoms in total. The van der Waals surface area contributed by atoms with Crippen molar-refractivity contribution in [1.29, 1.82) is 0 Å². The molecule has 4 heteroatoms. The molecule has 0 aliphatic heterocycles. The monoisotopic (exact) mass is 235 g/mol. The van der Waals surface area contributed by atoms with Crippen LogP contribution < -0.4 is 10.5 Å². The summed E-state index contributed by atoms with van der Waals surface area (Å²) in [4.78, 5) is 0. The smallest absolute Gasteiger partial charge is 0.182 e. The fourth-order valence-corrected chi connectivity index (χ4v) is 1.64. The fraction of sp³-hybridized carbons (Fsp3) is 0.0769. The van der Waals surface area contributed by atoms with Crippen LogP contribution in [0.1, 0.15) is 0 Å². The van der Waals surface area contributed by atoms with E-state index in [1.807, 2.05) is 0 Å². The van der Waals surface area contributed by atoms with E-state index in [9.17, 15) is 8.78 Å². The quantitative estimate of drug-likeness (QED) is 0.811. The van der Waals surface area contributed by atoms with E-state index in [4.69, 9.17) is 10.5 Å². The number of rotatable bonds is 2.